The third kappa shape index (κ3) is 1.86. The Kier molecular flexibility index (Phi) is 3.23. The van der Waals surface area contributed by atoms with Gasteiger partial charge >= 0.3 is 0 Å². The molecule has 2 atom stereocenters. The minimum Gasteiger partial charge on any atom is -0.454 e. The molecule has 1 heterocycles. The van der Waals surface area contributed by atoms with E-state index in [2.05, 4.69) is 13.8 Å². The molecule has 2 unspecified atom stereocenters. The Bertz CT molecular complexity index is 893. The SMILES string of the molecule is COC12Oc3cc(C(C)C)ccc3C1(O)Cc1c([N+](=O)[O-])cccc12. The molecule has 130 valence electrons. The van der Waals surface area contributed by atoms with E-state index < -0.39 is 16.3 Å². The molecule has 0 amide bonds. The van der Waals surface area contributed by atoms with Crippen molar-refractivity contribution in [3.05, 3.63) is 68.8 Å². The van der Waals surface area contributed by atoms with Crippen LogP contribution in [0.15, 0.2) is 36.4 Å². The Labute approximate surface area is 145 Å². The Morgan fingerprint density at radius 1 is 1.28 bits per heavy atom. The van der Waals surface area contributed by atoms with Crippen LogP contribution in [-0.2, 0) is 22.5 Å². The number of aliphatic hydroxyl groups is 1. The molecule has 0 radical (unpaired) electrons. The van der Waals surface area contributed by atoms with Crippen LogP contribution in [0.1, 0.15) is 42.0 Å². The second-order valence-corrected chi connectivity index (χ2v) is 6.93. The van der Waals surface area contributed by atoms with Gasteiger partial charge in [-0.15, -0.1) is 0 Å². The van der Waals surface area contributed by atoms with Crippen LogP contribution in [0.25, 0.3) is 0 Å². The maximum absolute atomic E-state index is 11.5. The van der Waals surface area contributed by atoms with Crippen molar-refractivity contribution >= 4 is 5.69 Å². The lowest BCUT2D eigenvalue weighted by Gasteiger charge is -2.34. The lowest BCUT2D eigenvalue weighted by Crippen LogP contribution is -2.47. The second kappa shape index (κ2) is 5.03. The summed E-state index contributed by atoms with van der Waals surface area (Å²) < 4.78 is 11.8. The summed E-state index contributed by atoms with van der Waals surface area (Å²) in [7, 11) is 1.45. The monoisotopic (exact) mass is 341 g/mol. The van der Waals surface area contributed by atoms with Gasteiger partial charge in [-0.25, -0.2) is 0 Å². The summed E-state index contributed by atoms with van der Waals surface area (Å²) in [5, 5.41) is 22.9. The number of ether oxygens (including phenoxy) is 2. The maximum atomic E-state index is 11.5. The van der Waals surface area contributed by atoms with Gasteiger partial charge < -0.3 is 14.6 Å². The van der Waals surface area contributed by atoms with Crippen LogP contribution in [0, 0.1) is 10.1 Å². The molecule has 2 aromatic carbocycles. The van der Waals surface area contributed by atoms with Crippen molar-refractivity contribution in [1.82, 2.24) is 0 Å². The van der Waals surface area contributed by atoms with Crippen LogP contribution in [0.5, 0.6) is 5.75 Å². The van der Waals surface area contributed by atoms with Crippen molar-refractivity contribution in [2.45, 2.75) is 37.6 Å². The van der Waals surface area contributed by atoms with E-state index in [4.69, 9.17) is 9.47 Å². The molecule has 0 fully saturated rings. The summed E-state index contributed by atoms with van der Waals surface area (Å²) in [4.78, 5) is 10.9. The molecular formula is C19H19NO5. The molecule has 6 nitrogen and oxygen atoms in total. The first kappa shape index (κ1) is 16.1. The highest BCUT2D eigenvalue weighted by molar-refractivity contribution is 5.60. The van der Waals surface area contributed by atoms with Gasteiger partial charge in [0.1, 0.15) is 5.75 Å². The van der Waals surface area contributed by atoms with E-state index in [0.717, 1.165) is 5.56 Å². The summed E-state index contributed by atoms with van der Waals surface area (Å²) >= 11 is 0. The van der Waals surface area contributed by atoms with Crippen LogP contribution in [0.3, 0.4) is 0 Å². The van der Waals surface area contributed by atoms with Crippen molar-refractivity contribution in [2.24, 2.45) is 0 Å². The van der Waals surface area contributed by atoms with E-state index in [1.807, 2.05) is 18.2 Å². The number of methoxy groups -OCH3 is 1. The third-order valence-electron chi connectivity index (χ3n) is 5.34. The van der Waals surface area contributed by atoms with Crippen molar-refractivity contribution < 1.29 is 19.5 Å². The predicted octanol–water partition coefficient (Wildman–Crippen LogP) is 3.35. The van der Waals surface area contributed by atoms with Gasteiger partial charge in [0, 0.05) is 36.3 Å². The van der Waals surface area contributed by atoms with Crippen LogP contribution >= 0.6 is 0 Å². The van der Waals surface area contributed by atoms with Gasteiger partial charge in [0.15, 0.2) is 5.60 Å². The van der Waals surface area contributed by atoms with Crippen LogP contribution in [0.4, 0.5) is 5.69 Å². The zero-order valence-electron chi connectivity index (χ0n) is 14.3. The third-order valence-corrected chi connectivity index (χ3v) is 5.34. The largest absolute Gasteiger partial charge is 0.454 e. The number of rotatable bonds is 3. The molecule has 2 aliphatic rings. The minimum absolute atomic E-state index is 0.0271. The summed E-state index contributed by atoms with van der Waals surface area (Å²) in [6.45, 7) is 4.16. The quantitative estimate of drug-likeness (QED) is 0.684. The van der Waals surface area contributed by atoms with E-state index in [9.17, 15) is 15.2 Å². The van der Waals surface area contributed by atoms with Crippen LogP contribution < -0.4 is 4.74 Å². The standard InChI is InChI=1S/C19H19NO5/c1-11(2)12-7-8-15-17(9-12)25-19(24-3)14-5-4-6-16(20(22)23)13(14)10-18(15,19)21/h4-9,11,21H,10H2,1-3H3. The van der Waals surface area contributed by atoms with E-state index in [0.29, 0.717) is 28.4 Å². The Morgan fingerprint density at radius 3 is 2.68 bits per heavy atom. The van der Waals surface area contributed by atoms with Gasteiger partial charge in [0.25, 0.3) is 11.5 Å². The highest BCUT2D eigenvalue weighted by atomic mass is 16.7. The summed E-state index contributed by atoms with van der Waals surface area (Å²) in [6, 6.07) is 10.5. The molecule has 6 heteroatoms. The molecule has 4 rings (SSSR count). The van der Waals surface area contributed by atoms with Gasteiger partial charge in [-0.1, -0.05) is 38.1 Å². The summed E-state index contributed by atoms with van der Waals surface area (Å²) in [5.41, 5.74) is 1.13. The topological polar surface area (TPSA) is 81.8 Å². The van der Waals surface area contributed by atoms with Gasteiger partial charge in [0.2, 0.25) is 0 Å². The fraction of sp³-hybridized carbons (Fsp3) is 0.368. The molecule has 1 aliphatic carbocycles. The average Bonchev–Trinajstić information content (AvgIpc) is 2.97. The first-order valence-electron chi connectivity index (χ1n) is 8.22. The Morgan fingerprint density at radius 2 is 2.04 bits per heavy atom. The number of hydrogen-bond acceptors (Lipinski definition) is 5. The number of benzene rings is 2. The van der Waals surface area contributed by atoms with Crippen LogP contribution in [-0.4, -0.2) is 17.1 Å². The molecule has 1 aliphatic heterocycles. The molecule has 0 aromatic heterocycles. The van der Waals surface area contributed by atoms with Gasteiger partial charge in [0.05, 0.1) is 4.92 Å². The number of nitro groups is 1. The minimum atomic E-state index is -1.50. The number of nitro benzene ring substituents is 1. The Hall–Kier alpha value is -2.44. The first-order valence-corrected chi connectivity index (χ1v) is 8.22. The van der Waals surface area contributed by atoms with E-state index in [-0.39, 0.29) is 12.1 Å². The van der Waals surface area contributed by atoms with Gasteiger partial charge in [-0.3, -0.25) is 10.1 Å². The molecule has 0 bridgehead atoms. The van der Waals surface area contributed by atoms with E-state index in [1.165, 1.54) is 13.2 Å². The van der Waals surface area contributed by atoms with Crippen molar-refractivity contribution in [3.63, 3.8) is 0 Å². The highest BCUT2D eigenvalue weighted by Crippen LogP contribution is 2.61. The molecule has 0 spiro atoms. The lowest BCUT2D eigenvalue weighted by atomic mass is 9.86. The summed E-state index contributed by atoms with van der Waals surface area (Å²) in [5.74, 6) is -0.588. The molecule has 0 saturated heterocycles. The zero-order chi connectivity index (χ0) is 18.0. The Balaban J connectivity index is 1.93. The highest BCUT2D eigenvalue weighted by Gasteiger charge is 2.67. The smallest absolute Gasteiger partial charge is 0.273 e. The van der Waals surface area contributed by atoms with Crippen molar-refractivity contribution in [2.75, 3.05) is 7.11 Å². The average molecular weight is 341 g/mol. The predicted molar refractivity (Wildman–Crippen MR) is 90.5 cm³/mol. The molecular weight excluding hydrogens is 322 g/mol. The normalized spacial score (nSPS) is 26.1. The van der Waals surface area contributed by atoms with Crippen molar-refractivity contribution in [1.29, 1.82) is 0 Å². The molecule has 2 aromatic rings. The second-order valence-electron chi connectivity index (χ2n) is 6.93. The van der Waals surface area contributed by atoms with Gasteiger partial charge in [-0.05, 0) is 17.5 Å². The molecule has 0 saturated carbocycles. The van der Waals surface area contributed by atoms with Crippen LogP contribution in [0.2, 0.25) is 0 Å². The number of hydrogen-bond donors (Lipinski definition) is 1. The van der Waals surface area contributed by atoms with Gasteiger partial charge in [-0.2, -0.15) is 0 Å². The fourth-order valence-electron chi connectivity index (χ4n) is 4.05. The fourth-order valence-corrected chi connectivity index (χ4v) is 4.05. The summed E-state index contributed by atoms with van der Waals surface area (Å²) in [6.07, 6.45) is 0.0708. The molecule has 1 N–H and O–H groups in total. The molecule has 25 heavy (non-hydrogen) atoms. The number of nitrogens with zero attached hydrogens (tertiary/aromatic N) is 1. The first-order chi connectivity index (χ1) is 11.8. The van der Waals surface area contributed by atoms with Crippen molar-refractivity contribution in [3.8, 4) is 5.75 Å². The van der Waals surface area contributed by atoms with E-state index >= 15 is 0 Å². The lowest BCUT2D eigenvalue weighted by molar-refractivity contribution is -0.385. The van der Waals surface area contributed by atoms with E-state index in [1.54, 1.807) is 12.1 Å². The zero-order valence-corrected chi connectivity index (χ0v) is 14.3. The number of fused-ring (bicyclic) bond motifs is 5. The maximum Gasteiger partial charge on any atom is 0.273 e.